The molecule has 11 aromatic rings. The van der Waals surface area contributed by atoms with Gasteiger partial charge in [0.1, 0.15) is 0 Å². The molecular weight excluding hydrogens is 831 g/mol. The average Bonchev–Trinajstić information content (AvgIpc) is 3.91. The maximum Gasteiger partial charge on any atom is 0.0714 e. The molecular formula is C68H47N. The number of rotatable bonds is 9. The van der Waals surface area contributed by atoms with Crippen LogP contribution in [-0.2, 0) is 10.8 Å². The highest BCUT2D eigenvalue weighted by molar-refractivity contribution is 6.01. The molecule has 0 atom stereocenters. The van der Waals surface area contributed by atoms with Crippen LogP contribution >= 0.6 is 0 Å². The first-order valence-corrected chi connectivity index (χ1v) is 24.0. The summed E-state index contributed by atoms with van der Waals surface area (Å²) in [5.74, 6) is 0. The van der Waals surface area contributed by atoms with Crippen molar-refractivity contribution in [3.8, 4) is 44.5 Å². The fourth-order valence-electron chi connectivity index (χ4n) is 12.0. The van der Waals surface area contributed by atoms with E-state index in [9.17, 15) is 0 Å². The van der Waals surface area contributed by atoms with E-state index in [1.54, 1.807) is 0 Å². The molecule has 0 bridgehead atoms. The first-order valence-electron chi connectivity index (χ1n) is 24.0. The lowest BCUT2D eigenvalue weighted by atomic mass is 9.67. The number of hydrogen-bond donors (Lipinski definition) is 0. The maximum absolute atomic E-state index is 2.57. The summed E-state index contributed by atoms with van der Waals surface area (Å²) in [5.41, 5.74) is 21.9. The molecule has 2 aliphatic carbocycles. The Balaban J connectivity index is 1.15. The molecule has 0 unspecified atom stereocenters. The number of fused-ring (bicyclic) bond motifs is 6. The second-order valence-corrected chi connectivity index (χ2v) is 18.3. The molecule has 2 aliphatic rings. The van der Waals surface area contributed by atoms with Gasteiger partial charge in [-0.05, 0) is 108 Å². The van der Waals surface area contributed by atoms with Gasteiger partial charge in [-0.3, -0.25) is 0 Å². The highest BCUT2D eigenvalue weighted by Gasteiger charge is 2.49. The normalized spacial score (nSPS) is 13.4. The number of hydrogen-bond acceptors (Lipinski definition) is 1. The van der Waals surface area contributed by atoms with Gasteiger partial charge < -0.3 is 4.90 Å². The van der Waals surface area contributed by atoms with Crippen molar-refractivity contribution >= 4 is 17.1 Å². The summed E-state index contributed by atoms with van der Waals surface area (Å²) in [4.78, 5) is 2.57. The molecule has 0 aliphatic heterocycles. The lowest BCUT2D eigenvalue weighted by Crippen LogP contribution is -2.29. The zero-order valence-electron chi connectivity index (χ0n) is 38.1. The Morgan fingerprint density at radius 1 is 0.232 bits per heavy atom. The highest BCUT2D eigenvalue weighted by Crippen LogP contribution is 2.61. The van der Waals surface area contributed by atoms with Crippen LogP contribution in [0.15, 0.2) is 285 Å². The zero-order valence-corrected chi connectivity index (χ0v) is 38.1. The van der Waals surface area contributed by atoms with Crippen LogP contribution < -0.4 is 4.90 Å². The van der Waals surface area contributed by atoms with Gasteiger partial charge in [0, 0.05) is 16.8 Å². The molecule has 0 fully saturated rings. The van der Waals surface area contributed by atoms with E-state index in [-0.39, 0.29) is 0 Å². The molecule has 1 heteroatoms. The third kappa shape index (κ3) is 6.17. The molecule has 11 aromatic carbocycles. The van der Waals surface area contributed by atoms with Crippen LogP contribution in [0.4, 0.5) is 17.1 Å². The molecule has 0 spiro atoms. The molecule has 0 saturated heterocycles. The number of anilines is 3. The quantitative estimate of drug-likeness (QED) is 0.140. The van der Waals surface area contributed by atoms with Crippen molar-refractivity contribution < 1.29 is 0 Å². The molecule has 13 rings (SSSR count). The average molecular weight is 878 g/mol. The van der Waals surface area contributed by atoms with E-state index in [0.29, 0.717) is 0 Å². The predicted octanol–water partition coefficient (Wildman–Crippen LogP) is 17.2. The van der Waals surface area contributed by atoms with E-state index in [2.05, 4.69) is 290 Å². The standard InChI is InChI=1S/C68H47N/c1-7-24-48(25-8-1)50-42-45-64(59(46-50)49-26-9-2-10-27-49)69(55-43-44-57-56-36-19-21-38-60(56)68(63(57)47-55,53-32-15-5-16-33-53)54-34-17-6-18-35-54)65-41-23-40-62-66(65)58-37-20-22-39-61(58)67(62,51-28-11-3-12-29-51)52-30-13-4-14-31-52/h1-47H. The van der Waals surface area contributed by atoms with Crippen molar-refractivity contribution in [1.29, 1.82) is 0 Å². The Bertz CT molecular complexity index is 3560. The monoisotopic (exact) mass is 877 g/mol. The molecule has 69 heavy (non-hydrogen) atoms. The summed E-state index contributed by atoms with van der Waals surface area (Å²) in [7, 11) is 0. The van der Waals surface area contributed by atoms with Gasteiger partial charge in [-0.1, -0.05) is 255 Å². The van der Waals surface area contributed by atoms with Gasteiger partial charge >= 0.3 is 0 Å². The van der Waals surface area contributed by atoms with Crippen LogP contribution in [0.5, 0.6) is 0 Å². The topological polar surface area (TPSA) is 3.24 Å². The van der Waals surface area contributed by atoms with Crippen molar-refractivity contribution in [1.82, 2.24) is 0 Å². The van der Waals surface area contributed by atoms with Crippen LogP contribution in [0.2, 0.25) is 0 Å². The summed E-state index contributed by atoms with van der Waals surface area (Å²) in [6.07, 6.45) is 0. The molecule has 1 nitrogen and oxygen atoms in total. The smallest absolute Gasteiger partial charge is 0.0714 e. The van der Waals surface area contributed by atoms with Crippen molar-refractivity contribution in [2.45, 2.75) is 10.8 Å². The largest absolute Gasteiger partial charge is 0.309 e. The lowest BCUT2D eigenvalue weighted by Gasteiger charge is -2.36. The van der Waals surface area contributed by atoms with Crippen molar-refractivity contribution in [2.24, 2.45) is 0 Å². The van der Waals surface area contributed by atoms with Gasteiger partial charge in [0.05, 0.1) is 22.2 Å². The van der Waals surface area contributed by atoms with E-state index in [1.807, 2.05) is 0 Å². The highest BCUT2D eigenvalue weighted by atomic mass is 15.1. The lowest BCUT2D eigenvalue weighted by molar-refractivity contribution is 0.768. The van der Waals surface area contributed by atoms with Crippen molar-refractivity contribution in [2.75, 3.05) is 4.90 Å². The number of nitrogens with zero attached hydrogens (tertiary/aromatic N) is 1. The first kappa shape index (κ1) is 40.5. The number of benzene rings is 11. The predicted molar refractivity (Wildman–Crippen MR) is 287 cm³/mol. The van der Waals surface area contributed by atoms with Crippen molar-refractivity contribution in [3.63, 3.8) is 0 Å². The van der Waals surface area contributed by atoms with Crippen LogP contribution in [0, 0.1) is 0 Å². The Kier molecular flexibility index (Phi) is 9.70. The Morgan fingerprint density at radius 3 is 1.23 bits per heavy atom. The second-order valence-electron chi connectivity index (χ2n) is 18.3. The summed E-state index contributed by atoms with van der Waals surface area (Å²) in [6.45, 7) is 0. The minimum Gasteiger partial charge on any atom is -0.309 e. The third-order valence-corrected chi connectivity index (χ3v) is 14.8. The van der Waals surface area contributed by atoms with E-state index in [0.717, 1.165) is 28.2 Å². The Hall–Kier alpha value is -8.78. The fraction of sp³-hybridized carbons (Fsp3) is 0.0294. The van der Waals surface area contributed by atoms with Crippen molar-refractivity contribution in [3.05, 3.63) is 330 Å². The molecule has 0 heterocycles. The van der Waals surface area contributed by atoms with Gasteiger partial charge in [-0.15, -0.1) is 0 Å². The summed E-state index contributed by atoms with van der Waals surface area (Å²) in [5, 5.41) is 0. The zero-order chi connectivity index (χ0) is 45.8. The van der Waals surface area contributed by atoms with Gasteiger partial charge in [0.25, 0.3) is 0 Å². The van der Waals surface area contributed by atoms with E-state index in [1.165, 1.54) is 77.9 Å². The minimum absolute atomic E-state index is 0.565. The summed E-state index contributed by atoms with van der Waals surface area (Å²) in [6, 6.07) is 106. The SMILES string of the molecule is c1ccc(-c2ccc(N(c3ccc4c(c3)C(c3ccccc3)(c3ccccc3)c3ccccc3-4)c3cccc4c3-c3ccccc3C4(c3ccccc3)c3ccccc3)c(-c3ccccc3)c2)cc1. The van der Waals surface area contributed by atoms with Gasteiger partial charge in [-0.25, -0.2) is 0 Å². The maximum atomic E-state index is 2.57. The van der Waals surface area contributed by atoms with Crippen LogP contribution in [-0.4, -0.2) is 0 Å². The van der Waals surface area contributed by atoms with Crippen LogP contribution in [0.3, 0.4) is 0 Å². The minimum atomic E-state index is -0.573. The van der Waals surface area contributed by atoms with E-state index >= 15 is 0 Å². The Morgan fingerprint density at radius 2 is 0.667 bits per heavy atom. The molecule has 324 valence electrons. The van der Waals surface area contributed by atoms with Crippen LogP contribution in [0.25, 0.3) is 44.5 Å². The first-order chi connectivity index (χ1) is 34.3. The van der Waals surface area contributed by atoms with E-state index < -0.39 is 10.8 Å². The third-order valence-electron chi connectivity index (χ3n) is 14.8. The summed E-state index contributed by atoms with van der Waals surface area (Å²) < 4.78 is 0. The van der Waals surface area contributed by atoms with Gasteiger partial charge in [0.15, 0.2) is 0 Å². The Labute approximate surface area is 404 Å². The molecule has 0 amide bonds. The molecule has 0 aromatic heterocycles. The van der Waals surface area contributed by atoms with Crippen LogP contribution in [0.1, 0.15) is 44.5 Å². The molecule has 0 N–H and O–H groups in total. The summed E-state index contributed by atoms with van der Waals surface area (Å²) >= 11 is 0. The molecule has 0 radical (unpaired) electrons. The van der Waals surface area contributed by atoms with E-state index in [4.69, 9.17) is 0 Å². The fourth-order valence-corrected chi connectivity index (χ4v) is 12.0. The molecule has 0 saturated carbocycles. The second kappa shape index (κ2) is 16.5. The van der Waals surface area contributed by atoms with Gasteiger partial charge in [-0.2, -0.15) is 0 Å². The van der Waals surface area contributed by atoms with Gasteiger partial charge in [0.2, 0.25) is 0 Å².